The van der Waals surface area contributed by atoms with Crippen LogP contribution in [0.3, 0.4) is 0 Å². The number of aryl methyl sites for hydroxylation is 1. The largest absolute Gasteiger partial charge is 0.465 e. The molecule has 0 saturated carbocycles. The number of hydrogen-bond donors (Lipinski definition) is 1. The van der Waals surface area contributed by atoms with Gasteiger partial charge in [0.15, 0.2) is 0 Å². The minimum Gasteiger partial charge on any atom is -0.465 e. The lowest BCUT2D eigenvalue weighted by molar-refractivity contribution is -0.116. The number of amides is 1. The number of aromatic nitrogens is 1. The Morgan fingerprint density at radius 2 is 1.86 bits per heavy atom. The van der Waals surface area contributed by atoms with Crippen molar-refractivity contribution < 1.29 is 14.3 Å². The van der Waals surface area contributed by atoms with Crippen LogP contribution in [-0.4, -0.2) is 36.6 Å². The van der Waals surface area contributed by atoms with Crippen LogP contribution in [0.5, 0.6) is 0 Å². The third-order valence-electron chi connectivity index (χ3n) is 5.44. The average molecular weight is 391 g/mol. The fourth-order valence-corrected chi connectivity index (χ4v) is 4.05. The number of anilines is 2. The first-order chi connectivity index (χ1) is 14.1. The number of hydrogen-bond acceptors (Lipinski definition) is 4. The molecule has 29 heavy (non-hydrogen) atoms. The van der Waals surface area contributed by atoms with Gasteiger partial charge in [-0.15, -0.1) is 0 Å². The number of carbonyl (C=O) groups is 2. The number of esters is 1. The number of carbonyl (C=O) groups excluding carboxylic acids is 2. The average Bonchev–Trinajstić information content (AvgIpc) is 3.36. The molecule has 1 saturated heterocycles. The van der Waals surface area contributed by atoms with E-state index in [1.165, 1.54) is 25.6 Å². The molecule has 1 aliphatic heterocycles. The molecule has 1 fully saturated rings. The number of benzene rings is 2. The lowest BCUT2D eigenvalue weighted by Gasteiger charge is -2.20. The zero-order chi connectivity index (χ0) is 20.4. The molecule has 1 aromatic heterocycles. The van der Waals surface area contributed by atoms with Crippen LogP contribution >= 0.6 is 0 Å². The molecule has 0 bridgehead atoms. The minimum atomic E-state index is -0.409. The topological polar surface area (TPSA) is 63.6 Å². The predicted octanol–water partition coefficient (Wildman–Crippen LogP) is 3.98. The molecule has 0 aliphatic carbocycles. The van der Waals surface area contributed by atoms with Crippen molar-refractivity contribution in [2.45, 2.75) is 26.3 Å². The Labute approximate surface area is 170 Å². The first kappa shape index (κ1) is 19.1. The van der Waals surface area contributed by atoms with E-state index in [1.807, 2.05) is 36.4 Å². The maximum Gasteiger partial charge on any atom is 0.340 e. The third-order valence-corrected chi connectivity index (χ3v) is 5.44. The molecule has 1 amide bonds. The quantitative estimate of drug-likeness (QED) is 0.669. The van der Waals surface area contributed by atoms with Gasteiger partial charge in [0, 0.05) is 41.6 Å². The van der Waals surface area contributed by atoms with Gasteiger partial charge in [0.05, 0.1) is 12.7 Å². The summed E-state index contributed by atoms with van der Waals surface area (Å²) < 4.78 is 6.65. The molecule has 0 spiro atoms. The lowest BCUT2D eigenvalue weighted by atomic mass is 10.1. The highest BCUT2D eigenvalue weighted by Gasteiger charge is 2.17. The van der Waals surface area contributed by atoms with Crippen molar-refractivity contribution >= 4 is 34.2 Å². The normalized spacial score (nSPS) is 13.7. The van der Waals surface area contributed by atoms with E-state index in [0.29, 0.717) is 5.56 Å². The number of rotatable bonds is 5. The maximum absolute atomic E-state index is 12.7. The van der Waals surface area contributed by atoms with Crippen LogP contribution < -0.4 is 10.2 Å². The second-order valence-corrected chi connectivity index (χ2v) is 7.42. The lowest BCUT2D eigenvalue weighted by Crippen LogP contribution is -2.20. The van der Waals surface area contributed by atoms with Gasteiger partial charge in [0.2, 0.25) is 5.91 Å². The van der Waals surface area contributed by atoms with Gasteiger partial charge < -0.3 is 19.5 Å². The Bertz CT molecular complexity index is 1060. The zero-order valence-electron chi connectivity index (χ0n) is 16.8. The Kier molecular flexibility index (Phi) is 5.25. The molecular formula is C23H25N3O3. The van der Waals surface area contributed by atoms with E-state index in [9.17, 15) is 9.59 Å². The van der Waals surface area contributed by atoms with Crippen molar-refractivity contribution in [3.05, 3.63) is 59.8 Å². The van der Waals surface area contributed by atoms with Gasteiger partial charge in [-0.1, -0.05) is 18.2 Å². The van der Waals surface area contributed by atoms with E-state index in [1.54, 1.807) is 10.8 Å². The van der Waals surface area contributed by atoms with Crippen molar-refractivity contribution in [2.24, 2.45) is 0 Å². The first-order valence-electron chi connectivity index (χ1n) is 9.88. The van der Waals surface area contributed by atoms with Crippen LogP contribution in [0.4, 0.5) is 11.4 Å². The highest BCUT2D eigenvalue weighted by atomic mass is 16.5. The zero-order valence-corrected chi connectivity index (χ0v) is 16.8. The van der Waals surface area contributed by atoms with Crippen molar-refractivity contribution in [3.63, 3.8) is 0 Å². The Morgan fingerprint density at radius 3 is 2.59 bits per heavy atom. The van der Waals surface area contributed by atoms with Gasteiger partial charge in [-0.25, -0.2) is 4.79 Å². The number of methoxy groups -OCH3 is 1. The van der Waals surface area contributed by atoms with Crippen molar-refractivity contribution in [1.82, 2.24) is 4.57 Å². The van der Waals surface area contributed by atoms with Gasteiger partial charge in [-0.2, -0.15) is 0 Å². The Morgan fingerprint density at radius 1 is 1.10 bits per heavy atom. The van der Waals surface area contributed by atoms with Crippen LogP contribution in [0.1, 0.15) is 28.8 Å². The number of ether oxygens (including phenoxy) is 1. The van der Waals surface area contributed by atoms with E-state index in [2.05, 4.69) is 23.2 Å². The number of nitrogens with one attached hydrogen (secondary N) is 1. The SMILES string of the molecule is COC(=O)c1cn(CC(=O)Nc2ccc(N3CCCC3)c(C)c2)c2ccccc12. The summed E-state index contributed by atoms with van der Waals surface area (Å²) in [5, 5.41) is 3.75. The first-order valence-corrected chi connectivity index (χ1v) is 9.88. The van der Waals surface area contributed by atoms with Crippen molar-refractivity contribution in [1.29, 1.82) is 0 Å². The predicted molar refractivity (Wildman–Crippen MR) is 115 cm³/mol. The van der Waals surface area contributed by atoms with E-state index in [-0.39, 0.29) is 12.5 Å². The molecule has 6 heteroatoms. The summed E-state index contributed by atoms with van der Waals surface area (Å²) in [5.74, 6) is -0.552. The molecule has 1 aliphatic rings. The van der Waals surface area contributed by atoms with Gasteiger partial charge in [0.25, 0.3) is 0 Å². The monoisotopic (exact) mass is 391 g/mol. The van der Waals surface area contributed by atoms with Crippen LogP contribution in [-0.2, 0) is 16.1 Å². The molecular weight excluding hydrogens is 366 g/mol. The van der Waals surface area contributed by atoms with Crippen LogP contribution in [0.2, 0.25) is 0 Å². The number of para-hydroxylation sites is 1. The molecule has 0 atom stereocenters. The van der Waals surface area contributed by atoms with Crippen molar-refractivity contribution in [2.75, 3.05) is 30.4 Å². The summed E-state index contributed by atoms with van der Waals surface area (Å²) in [7, 11) is 1.36. The standard InChI is InChI=1S/C23H25N3O3/c1-16-13-17(9-10-20(16)25-11-5-6-12-25)24-22(27)15-26-14-19(23(28)29-2)18-7-3-4-8-21(18)26/h3-4,7-10,13-14H,5-6,11-12,15H2,1-2H3,(H,24,27). The summed E-state index contributed by atoms with van der Waals surface area (Å²) in [5.41, 5.74) is 4.45. The third kappa shape index (κ3) is 3.83. The minimum absolute atomic E-state index is 0.116. The Hall–Kier alpha value is -3.28. The molecule has 2 aromatic carbocycles. The molecule has 3 aromatic rings. The summed E-state index contributed by atoms with van der Waals surface area (Å²) in [6.45, 7) is 4.38. The van der Waals surface area contributed by atoms with Gasteiger partial charge in [0.1, 0.15) is 6.54 Å². The number of nitrogens with zero attached hydrogens (tertiary/aromatic N) is 2. The van der Waals surface area contributed by atoms with Crippen LogP contribution in [0, 0.1) is 6.92 Å². The molecule has 1 N–H and O–H groups in total. The molecule has 0 unspecified atom stereocenters. The van der Waals surface area contributed by atoms with E-state index in [0.717, 1.165) is 35.2 Å². The molecule has 0 radical (unpaired) electrons. The molecule has 150 valence electrons. The summed E-state index contributed by atoms with van der Waals surface area (Å²) in [4.78, 5) is 27.1. The van der Waals surface area contributed by atoms with E-state index >= 15 is 0 Å². The van der Waals surface area contributed by atoms with Gasteiger partial charge in [-0.3, -0.25) is 4.79 Å². The number of fused-ring (bicyclic) bond motifs is 1. The van der Waals surface area contributed by atoms with E-state index in [4.69, 9.17) is 4.74 Å². The van der Waals surface area contributed by atoms with Crippen LogP contribution in [0.15, 0.2) is 48.7 Å². The fraction of sp³-hybridized carbons (Fsp3) is 0.304. The summed E-state index contributed by atoms with van der Waals surface area (Å²) in [6.07, 6.45) is 4.14. The molecule has 4 rings (SSSR count). The Balaban J connectivity index is 1.52. The highest BCUT2D eigenvalue weighted by Crippen LogP contribution is 2.27. The second-order valence-electron chi connectivity index (χ2n) is 7.42. The molecule has 6 nitrogen and oxygen atoms in total. The van der Waals surface area contributed by atoms with Gasteiger partial charge >= 0.3 is 5.97 Å². The van der Waals surface area contributed by atoms with Crippen molar-refractivity contribution in [3.8, 4) is 0 Å². The second kappa shape index (κ2) is 7.99. The van der Waals surface area contributed by atoms with E-state index < -0.39 is 5.97 Å². The maximum atomic E-state index is 12.7. The summed E-state index contributed by atoms with van der Waals surface area (Å²) in [6, 6.07) is 13.5. The summed E-state index contributed by atoms with van der Waals surface area (Å²) >= 11 is 0. The fourth-order valence-electron chi connectivity index (χ4n) is 4.05. The van der Waals surface area contributed by atoms with Gasteiger partial charge in [-0.05, 0) is 49.6 Å². The van der Waals surface area contributed by atoms with Crippen LogP contribution in [0.25, 0.3) is 10.9 Å². The smallest absolute Gasteiger partial charge is 0.340 e. The highest BCUT2D eigenvalue weighted by molar-refractivity contribution is 6.05. The molecule has 2 heterocycles.